The van der Waals surface area contributed by atoms with Gasteiger partial charge < -0.3 is 10.4 Å². The van der Waals surface area contributed by atoms with Gasteiger partial charge in [0.2, 0.25) is 5.91 Å². The third-order valence-electron chi connectivity index (χ3n) is 2.73. The quantitative estimate of drug-likeness (QED) is 0.715. The first-order chi connectivity index (χ1) is 10.9. The Morgan fingerprint density at radius 2 is 1.83 bits per heavy atom. The van der Waals surface area contributed by atoms with E-state index in [-0.39, 0.29) is 17.3 Å². The number of halogens is 4. The van der Waals surface area contributed by atoms with Crippen LogP contribution >= 0.6 is 46.4 Å². The predicted octanol–water partition coefficient (Wildman–Crippen LogP) is 5.06. The highest BCUT2D eigenvalue weighted by molar-refractivity contribution is 6.36. The van der Waals surface area contributed by atoms with Gasteiger partial charge in [0.25, 0.3) is 0 Å². The molecule has 0 heterocycles. The van der Waals surface area contributed by atoms with Crippen LogP contribution < -0.4 is 5.32 Å². The number of carbonyl (C=O) groups is 1. The first kappa shape index (κ1) is 17.9. The normalized spacial score (nSPS) is 11.0. The molecule has 2 aromatic carbocycles. The lowest BCUT2D eigenvalue weighted by molar-refractivity contribution is -0.114. The minimum absolute atomic E-state index is 0.106. The number of phenolic OH excluding ortho intramolecular Hbond substituents is 1. The van der Waals surface area contributed by atoms with E-state index in [0.29, 0.717) is 26.3 Å². The summed E-state index contributed by atoms with van der Waals surface area (Å²) in [4.78, 5) is 15.8. The minimum atomic E-state index is -0.391. The standard InChI is InChI=1S/C15H10Cl4N2O2/c16-9-1-2-11(18)13(5-9)21-14(22)7-20-6-8-3-10(17)4-12(19)15(8)23/h1-6,23H,7H2,(H,21,22). The molecule has 0 atom stereocenters. The van der Waals surface area contributed by atoms with E-state index >= 15 is 0 Å². The lowest BCUT2D eigenvalue weighted by Crippen LogP contribution is -2.15. The van der Waals surface area contributed by atoms with Gasteiger partial charge in [0.1, 0.15) is 12.3 Å². The van der Waals surface area contributed by atoms with E-state index in [1.54, 1.807) is 12.1 Å². The molecule has 4 nitrogen and oxygen atoms in total. The van der Waals surface area contributed by atoms with Crippen molar-refractivity contribution in [3.8, 4) is 5.75 Å². The number of hydrogen-bond acceptors (Lipinski definition) is 3. The molecule has 0 aliphatic rings. The minimum Gasteiger partial charge on any atom is -0.506 e. The van der Waals surface area contributed by atoms with E-state index in [1.807, 2.05) is 0 Å². The molecule has 0 aromatic heterocycles. The molecule has 120 valence electrons. The highest BCUT2D eigenvalue weighted by atomic mass is 35.5. The third kappa shape index (κ3) is 5.01. The number of nitrogens with one attached hydrogen (secondary N) is 1. The van der Waals surface area contributed by atoms with Crippen LogP contribution in [-0.2, 0) is 4.79 Å². The molecular formula is C15H10Cl4N2O2. The van der Waals surface area contributed by atoms with Gasteiger partial charge in [0.05, 0.1) is 15.7 Å². The fourth-order valence-electron chi connectivity index (χ4n) is 1.69. The van der Waals surface area contributed by atoms with E-state index in [1.165, 1.54) is 24.4 Å². The summed E-state index contributed by atoms with van der Waals surface area (Å²) in [6.45, 7) is -0.174. The molecule has 2 aromatic rings. The molecular weight excluding hydrogens is 382 g/mol. The van der Waals surface area contributed by atoms with E-state index in [9.17, 15) is 9.90 Å². The van der Waals surface area contributed by atoms with Gasteiger partial charge >= 0.3 is 0 Å². The molecule has 23 heavy (non-hydrogen) atoms. The average Bonchev–Trinajstić information content (AvgIpc) is 2.48. The zero-order valence-corrected chi connectivity index (χ0v) is 14.5. The maximum atomic E-state index is 11.8. The summed E-state index contributed by atoms with van der Waals surface area (Å²) in [5, 5.41) is 13.6. The van der Waals surface area contributed by atoms with Gasteiger partial charge in [-0.1, -0.05) is 46.4 Å². The highest BCUT2D eigenvalue weighted by Gasteiger charge is 2.08. The molecule has 2 rings (SSSR count). The van der Waals surface area contributed by atoms with Gasteiger partial charge in [-0.15, -0.1) is 0 Å². The van der Waals surface area contributed by atoms with Crippen LogP contribution in [0.25, 0.3) is 0 Å². The van der Waals surface area contributed by atoms with E-state index in [4.69, 9.17) is 46.4 Å². The number of phenols is 1. The fraction of sp³-hybridized carbons (Fsp3) is 0.0667. The van der Waals surface area contributed by atoms with Crippen LogP contribution in [0.2, 0.25) is 20.1 Å². The highest BCUT2D eigenvalue weighted by Crippen LogP contribution is 2.30. The molecule has 0 aliphatic carbocycles. The number of aromatic hydroxyl groups is 1. The Hall–Kier alpha value is -1.46. The second-order valence-electron chi connectivity index (χ2n) is 4.47. The SMILES string of the molecule is O=C(CN=Cc1cc(Cl)cc(Cl)c1O)Nc1cc(Cl)ccc1Cl. The topological polar surface area (TPSA) is 61.7 Å². The molecule has 0 saturated carbocycles. The maximum Gasteiger partial charge on any atom is 0.246 e. The van der Waals surface area contributed by atoms with Crippen LogP contribution in [0.4, 0.5) is 5.69 Å². The Morgan fingerprint density at radius 3 is 2.57 bits per heavy atom. The van der Waals surface area contributed by atoms with Gasteiger partial charge in [-0.25, -0.2) is 0 Å². The summed E-state index contributed by atoms with van der Waals surface area (Å²) >= 11 is 23.4. The first-order valence-corrected chi connectivity index (χ1v) is 7.80. The van der Waals surface area contributed by atoms with E-state index in [0.717, 1.165) is 0 Å². The van der Waals surface area contributed by atoms with Gasteiger partial charge in [-0.3, -0.25) is 9.79 Å². The molecule has 0 bridgehead atoms. The number of anilines is 1. The second-order valence-corrected chi connectivity index (χ2v) is 6.15. The monoisotopic (exact) mass is 390 g/mol. The Labute approximate surface area is 152 Å². The van der Waals surface area contributed by atoms with Crippen molar-refractivity contribution in [1.29, 1.82) is 0 Å². The number of amides is 1. The lowest BCUT2D eigenvalue weighted by atomic mass is 10.2. The number of carbonyl (C=O) groups excluding carboxylic acids is 1. The Morgan fingerprint density at radius 1 is 1.09 bits per heavy atom. The van der Waals surface area contributed by atoms with Crippen LogP contribution in [-0.4, -0.2) is 23.8 Å². The van der Waals surface area contributed by atoms with Crippen molar-refractivity contribution in [3.05, 3.63) is 56.0 Å². The van der Waals surface area contributed by atoms with Crippen molar-refractivity contribution in [3.63, 3.8) is 0 Å². The summed E-state index contributed by atoms with van der Waals surface area (Å²) in [5.41, 5.74) is 0.712. The van der Waals surface area contributed by atoms with Gasteiger partial charge in [0, 0.05) is 21.8 Å². The smallest absolute Gasteiger partial charge is 0.246 e. The first-order valence-electron chi connectivity index (χ1n) is 6.29. The third-order valence-corrected chi connectivity index (χ3v) is 3.80. The number of benzene rings is 2. The van der Waals surface area contributed by atoms with Crippen molar-refractivity contribution < 1.29 is 9.90 Å². The van der Waals surface area contributed by atoms with Gasteiger partial charge in [-0.2, -0.15) is 0 Å². The number of rotatable bonds is 4. The van der Waals surface area contributed by atoms with E-state index in [2.05, 4.69) is 10.3 Å². The Bertz CT molecular complexity index is 778. The van der Waals surface area contributed by atoms with Crippen molar-refractivity contribution >= 4 is 64.2 Å². The molecule has 2 N–H and O–H groups in total. The summed E-state index contributed by atoms with van der Waals surface area (Å²) < 4.78 is 0. The summed E-state index contributed by atoms with van der Waals surface area (Å²) in [7, 11) is 0. The van der Waals surface area contributed by atoms with Crippen molar-refractivity contribution in [2.45, 2.75) is 0 Å². The average molecular weight is 392 g/mol. The van der Waals surface area contributed by atoms with Crippen LogP contribution in [0.15, 0.2) is 35.3 Å². The van der Waals surface area contributed by atoms with Crippen LogP contribution in [0.3, 0.4) is 0 Å². The summed E-state index contributed by atoms with van der Waals surface area (Å²) in [6.07, 6.45) is 1.31. The van der Waals surface area contributed by atoms with Crippen LogP contribution in [0.1, 0.15) is 5.56 Å². The number of hydrogen-bond donors (Lipinski definition) is 2. The molecule has 8 heteroatoms. The van der Waals surface area contributed by atoms with Crippen LogP contribution in [0, 0.1) is 0 Å². The number of nitrogens with zero attached hydrogens (tertiary/aromatic N) is 1. The zero-order valence-electron chi connectivity index (χ0n) is 11.5. The molecule has 1 amide bonds. The largest absolute Gasteiger partial charge is 0.506 e. The molecule has 0 aliphatic heterocycles. The zero-order chi connectivity index (χ0) is 17.0. The second kappa shape index (κ2) is 7.88. The lowest BCUT2D eigenvalue weighted by Gasteiger charge is -2.06. The summed E-state index contributed by atoms with van der Waals surface area (Å²) in [5.74, 6) is -0.545. The van der Waals surface area contributed by atoms with Crippen LogP contribution in [0.5, 0.6) is 5.75 Å². The van der Waals surface area contributed by atoms with Crippen molar-refractivity contribution in [2.75, 3.05) is 11.9 Å². The number of aliphatic imine (C=N–C) groups is 1. The van der Waals surface area contributed by atoms with Gasteiger partial charge in [0.15, 0.2) is 0 Å². The molecule has 0 spiro atoms. The molecule has 0 fully saturated rings. The van der Waals surface area contributed by atoms with E-state index < -0.39 is 5.91 Å². The van der Waals surface area contributed by atoms with Crippen molar-refractivity contribution in [1.82, 2.24) is 0 Å². The fourth-order valence-corrected chi connectivity index (χ4v) is 2.54. The molecule has 0 radical (unpaired) electrons. The summed E-state index contributed by atoms with van der Waals surface area (Å²) in [6, 6.07) is 7.62. The molecule has 0 unspecified atom stereocenters. The Balaban J connectivity index is 2.03. The predicted molar refractivity (Wildman–Crippen MR) is 95.7 cm³/mol. The Kier molecular flexibility index (Phi) is 6.13. The van der Waals surface area contributed by atoms with Gasteiger partial charge in [-0.05, 0) is 30.3 Å². The molecule has 0 saturated heterocycles. The van der Waals surface area contributed by atoms with Crippen molar-refractivity contribution in [2.24, 2.45) is 4.99 Å². The maximum absolute atomic E-state index is 11.8.